The highest BCUT2D eigenvalue weighted by molar-refractivity contribution is 5.68. The zero-order valence-corrected chi connectivity index (χ0v) is 14.1. The molecule has 2 atom stereocenters. The van der Waals surface area contributed by atoms with Gasteiger partial charge in [-0.1, -0.05) is 0 Å². The quantitative estimate of drug-likeness (QED) is 0.809. The maximum Gasteiger partial charge on any atom is 0.410 e. The predicted molar refractivity (Wildman–Crippen MR) is 84.6 cm³/mol. The van der Waals surface area contributed by atoms with Gasteiger partial charge in [-0.25, -0.2) is 4.79 Å². The van der Waals surface area contributed by atoms with Gasteiger partial charge in [-0.15, -0.1) is 0 Å². The summed E-state index contributed by atoms with van der Waals surface area (Å²) in [5.74, 6) is 0.847. The number of nitrogens with zero attached hydrogens (tertiary/aromatic N) is 1. The molecule has 0 aliphatic heterocycles. The number of amides is 1. The number of hydrogen-bond acceptors (Lipinski definition) is 5. The maximum atomic E-state index is 12.1. The van der Waals surface area contributed by atoms with Gasteiger partial charge in [0.2, 0.25) is 0 Å². The average molecular weight is 312 g/mol. The summed E-state index contributed by atoms with van der Waals surface area (Å²) in [6.07, 6.45) is 0.615. The fourth-order valence-electron chi connectivity index (χ4n) is 1.96. The van der Waals surface area contributed by atoms with Gasteiger partial charge >= 0.3 is 6.09 Å². The van der Waals surface area contributed by atoms with E-state index in [1.165, 1.54) is 4.90 Å². The van der Waals surface area contributed by atoms with Crippen molar-refractivity contribution in [3.8, 4) is 0 Å². The molecule has 2 N–H and O–H groups in total. The largest absolute Gasteiger partial charge is 0.468 e. The molecule has 1 aromatic rings. The molecule has 1 rings (SSSR count). The number of rotatable bonds is 7. The summed E-state index contributed by atoms with van der Waals surface area (Å²) in [7, 11) is 0. The first-order valence-corrected chi connectivity index (χ1v) is 7.62. The Morgan fingerprint density at radius 3 is 2.64 bits per heavy atom. The first-order chi connectivity index (χ1) is 10.2. The summed E-state index contributed by atoms with van der Waals surface area (Å²) < 4.78 is 10.7. The fourth-order valence-corrected chi connectivity index (χ4v) is 1.96. The van der Waals surface area contributed by atoms with Crippen LogP contribution in [0, 0.1) is 0 Å². The molecule has 0 fully saturated rings. The van der Waals surface area contributed by atoms with Crippen LogP contribution in [0.3, 0.4) is 0 Å². The third kappa shape index (κ3) is 6.95. The topological polar surface area (TPSA) is 74.9 Å². The first kappa shape index (κ1) is 18.5. The van der Waals surface area contributed by atoms with Crippen LogP contribution in [0.15, 0.2) is 22.8 Å². The van der Waals surface area contributed by atoms with Crippen LogP contribution in [-0.4, -0.2) is 47.4 Å². The van der Waals surface area contributed by atoms with Crippen LogP contribution in [0.5, 0.6) is 0 Å². The second-order valence-corrected chi connectivity index (χ2v) is 6.47. The number of carbonyl (C=O) groups excluding carboxylic acids is 1. The molecule has 0 saturated heterocycles. The minimum Gasteiger partial charge on any atom is -0.468 e. The Morgan fingerprint density at radius 1 is 1.45 bits per heavy atom. The summed E-state index contributed by atoms with van der Waals surface area (Å²) >= 11 is 0. The van der Waals surface area contributed by atoms with Crippen molar-refractivity contribution in [2.75, 3.05) is 19.6 Å². The second kappa shape index (κ2) is 8.19. The lowest BCUT2D eigenvalue weighted by molar-refractivity contribution is 0.0163. The highest BCUT2D eigenvalue weighted by Crippen LogP contribution is 2.12. The monoisotopic (exact) mass is 312 g/mol. The van der Waals surface area contributed by atoms with Crippen LogP contribution in [0.4, 0.5) is 4.79 Å². The van der Waals surface area contributed by atoms with Crippen LogP contribution in [-0.2, 0) is 4.74 Å². The molecular formula is C16H28N2O4. The lowest BCUT2D eigenvalue weighted by atomic mass is 10.2. The van der Waals surface area contributed by atoms with E-state index >= 15 is 0 Å². The molecular weight excluding hydrogens is 284 g/mol. The molecule has 1 aromatic heterocycles. The second-order valence-electron chi connectivity index (χ2n) is 6.47. The molecule has 2 unspecified atom stereocenters. The standard InChI is InChI=1S/C16H28N2O4/c1-12(19)11-18(15(20)22-16(3,4)5)9-8-17-13(2)14-7-6-10-21-14/h6-7,10,12-13,17,19H,8-9,11H2,1-5H3. The Hall–Kier alpha value is -1.53. The van der Waals surface area contributed by atoms with Crippen molar-refractivity contribution < 1.29 is 19.1 Å². The van der Waals surface area contributed by atoms with Gasteiger partial charge in [0, 0.05) is 19.6 Å². The number of aliphatic hydroxyl groups excluding tert-OH is 1. The predicted octanol–water partition coefficient (Wildman–Crippen LogP) is 2.55. The summed E-state index contributed by atoms with van der Waals surface area (Å²) in [6.45, 7) is 10.4. The van der Waals surface area contributed by atoms with Gasteiger partial charge in [-0.05, 0) is 46.8 Å². The SMILES string of the molecule is CC(O)CN(CCNC(C)c1ccco1)C(=O)OC(C)(C)C. The molecule has 22 heavy (non-hydrogen) atoms. The van der Waals surface area contributed by atoms with Crippen LogP contribution < -0.4 is 5.32 Å². The van der Waals surface area contributed by atoms with E-state index in [1.54, 1.807) is 13.2 Å². The lowest BCUT2D eigenvalue weighted by Gasteiger charge is -2.28. The Balaban J connectivity index is 2.49. The molecule has 0 aliphatic rings. The van der Waals surface area contributed by atoms with E-state index in [0.717, 1.165) is 5.76 Å². The van der Waals surface area contributed by atoms with Crippen molar-refractivity contribution >= 4 is 6.09 Å². The van der Waals surface area contributed by atoms with E-state index in [1.807, 2.05) is 39.8 Å². The van der Waals surface area contributed by atoms with Crippen molar-refractivity contribution in [1.29, 1.82) is 0 Å². The number of furan rings is 1. The fraction of sp³-hybridized carbons (Fsp3) is 0.688. The third-order valence-electron chi connectivity index (χ3n) is 2.94. The van der Waals surface area contributed by atoms with Gasteiger partial charge in [0.1, 0.15) is 11.4 Å². The van der Waals surface area contributed by atoms with Crippen molar-refractivity contribution in [3.63, 3.8) is 0 Å². The summed E-state index contributed by atoms with van der Waals surface area (Å²) in [4.78, 5) is 13.7. The Morgan fingerprint density at radius 2 is 2.14 bits per heavy atom. The zero-order valence-electron chi connectivity index (χ0n) is 14.1. The highest BCUT2D eigenvalue weighted by atomic mass is 16.6. The number of ether oxygens (including phenoxy) is 1. The minimum absolute atomic E-state index is 0.0574. The minimum atomic E-state index is -0.602. The molecule has 0 aromatic carbocycles. The number of aliphatic hydroxyl groups is 1. The van der Waals surface area contributed by atoms with Gasteiger partial charge in [0.15, 0.2) is 0 Å². The molecule has 1 amide bonds. The molecule has 0 saturated carbocycles. The lowest BCUT2D eigenvalue weighted by Crippen LogP contribution is -2.43. The summed E-state index contributed by atoms with van der Waals surface area (Å²) in [5, 5.41) is 12.8. The molecule has 6 nitrogen and oxygen atoms in total. The van der Waals surface area contributed by atoms with Crippen molar-refractivity contribution in [1.82, 2.24) is 10.2 Å². The zero-order chi connectivity index (χ0) is 16.8. The smallest absolute Gasteiger partial charge is 0.410 e. The molecule has 0 aliphatic carbocycles. The first-order valence-electron chi connectivity index (χ1n) is 7.62. The molecule has 1 heterocycles. The number of hydrogen-bond donors (Lipinski definition) is 2. The van der Waals surface area contributed by atoms with Crippen LogP contribution in [0.2, 0.25) is 0 Å². The Labute approximate surface area is 132 Å². The average Bonchev–Trinajstić information content (AvgIpc) is 2.88. The van der Waals surface area contributed by atoms with Gasteiger partial charge in [-0.3, -0.25) is 0 Å². The highest BCUT2D eigenvalue weighted by Gasteiger charge is 2.23. The number of nitrogens with one attached hydrogen (secondary N) is 1. The van der Waals surface area contributed by atoms with Gasteiger partial charge in [0.05, 0.1) is 18.4 Å². The molecule has 0 bridgehead atoms. The molecule has 0 radical (unpaired) electrons. The van der Waals surface area contributed by atoms with E-state index in [-0.39, 0.29) is 12.6 Å². The molecule has 126 valence electrons. The van der Waals surface area contributed by atoms with E-state index in [0.29, 0.717) is 13.1 Å². The van der Waals surface area contributed by atoms with Crippen molar-refractivity contribution in [3.05, 3.63) is 24.2 Å². The van der Waals surface area contributed by atoms with Gasteiger partial charge in [-0.2, -0.15) is 0 Å². The van der Waals surface area contributed by atoms with Gasteiger partial charge < -0.3 is 24.5 Å². The molecule has 6 heteroatoms. The van der Waals surface area contributed by atoms with Crippen LogP contribution >= 0.6 is 0 Å². The van der Waals surface area contributed by atoms with Crippen LogP contribution in [0.1, 0.15) is 46.4 Å². The Kier molecular flexibility index (Phi) is 6.90. The normalized spacial score (nSPS) is 14.5. The van der Waals surface area contributed by atoms with E-state index < -0.39 is 17.8 Å². The van der Waals surface area contributed by atoms with Crippen molar-refractivity contribution in [2.24, 2.45) is 0 Å². The molecule has 0 spiro atoms. The van der Waals surface area contributed by atoms with Gasteiger partial charge in [0.25, 0.3) is 0 Å². The van der Waals surface area contributed by atoms with E-state index in [4.69, 9.17) is 9.15 Å². The van der Waals surface area contributed by atoms with E-state index in [2.05, 4.69) is 5.32 Å². The summed E-state index contributed by atoms with van der Waals surface area (Å²) in [6, 6.07) is 3.80. The van der Waals surface area contributed by atoms with E-state index in [9.17, 15) is 9.90 Å². The summed E-state index contributed by atoms with van der Waals surface area (Å²) in [5.41, 5.74) is -0.553. The Bertz CT molecular complexity index is 437. The van der Waals surface area contributed by atoms with Crippen molar-refractivity contribution in [2.45, 2.75) is 52.4 Å². The number of carbonyl (C=O) groups is 1. The van der Waals surface area contributed by atoms with Crippen LogP contribution in [0.25, 0.3) is 0 Å². The maximum absolute atomic E-state index is 12.1. The third-order valence-corrected chi connectivity index (χ3v) is 2.94.